The number of nitrogens with one attached hydrogen (secondary N) is 2. The molecule has 1 fully saturated rings. The van der Waals surface area contributed by atoms with Crippen LogP contribution in [0.4, 0.5) is 0 Å². The summed E-state index contributed by atoms with van der Waals surface area (Å²) in [6.45, 7) is 2.30. The third kappa shape index (κ3) is 3.71. The van der Waals surface area contributed by atoms with Gasteiger partial charge >= 0.3 is 5.69 Å². The summed E-state index contributed by atoms with van der Waals surface area (Å²) in [7, 11) is 2.10. The Morgan fingerprint density at radius 2 is 2.13 bits per heavy atom. The molecule has 3 rings (SSSR count). The zero-order chi connectivity index (χ0) is 16.2. The molecule has 6 nitrogen and oxygen atoms in total. The van der Waals surface area contributed by atoms with Gasteiger partial charge in [0.15, 0.2) is 0 Å². The van der Waals surface area contributed by atoms with Crippen molar-refractivity contribution in [3.05, 3.63) is 58.3 Å². The van der Waals surface area contributed by atoms with E-state index in [2.05, 4.69) is 34.0 Å². The average molecular weight is 314 g/mol. The highest BCUT2D eigenvalue weighted by Crippen LogP contribution is 2.18. The molecule has 0 saturated carbocycles. The average Bonchev–Trinajstić information content (AvgIpc) is 3.01. The summed E-state index contributed by atoms with van der Waals surface area (Å²) in [4.78, 5) is 32.8. The molecule has 23 heavy (non-hydrogen) atoms. The molecular weight excluding hydrogens is 292 g/mol. The van der Waals surface area contributed by atoms with Gasteiger partial charge in [-0.25, -0.2) is 4.79 Å². The highest BCUT2D eigenvalue weighted by Gasteiger charge is 2.27. The smallest absolute Gasteiger partial charge is 0.323 e. The largest absolute Gasteiger partial charge is 0.336 e. The van der Waals surface area contributed by atoms with Gasteiger partial charge in [0.05, 0.1) is 0 Å². The lowest BCUT2D eigenvalue weighted by atomic mass is 10.0. The number of aromatic nitrogens is 2. The van der Waals surface area contributed by atoms with Gasteiger partial charge in [0.1, 0.15) is 5.69 Å². The maximum Gasteiger partial charge on any atom is 0.323 e. The van der Waals surface area contributed by atoms with Gasteiger partial charge in [-0.1, -0.05) is 30.3 Å². The molecule has 2 N–H and O–H groups in total. The molecule has 1 aromatic heterocycles. The van der Waals surface area contributed by atoms with Crippen LogP contribution in [0.1, 0.15) is 28.9 Å². The van der Waals surface area contributed by atoms with Crippen molar-refractivity contribution in [2.45, 2.75) is 25.4 Å². The second-order valence-corrected chi connectivity index (χ2v) is 6.10. The minimum atomic E-state index is -0.344. The number of hydrogen-bond acceptors (Lipinski definition) is 3. The van der Waals surface area contributed by atoms with Crippen LogP contribution >= 0.6 is 0 Å². The molecule has 0 bridgehead atoms. The van der Waals surface area contributed by atoms with E-state index >= 15 is 0 Å². The number of carbonyl (C=O) groups excluding carboxylic acids is 1. The number of hydrogen-bond donors (Lipinski definition) is 2. The Morgan fingerprint density at radius 3 is 2.83 bits per heavy atom. The lowest BCUT2D eigenvalue weighted by Gasteiger charge is -2.37. The number of rotatable bonds is 4. The van der Waals surface area contributed by atoms with Crippen molar-refractivity contribution in [3.8, 4) is 0 Å². The Bertz CT molecular complexity index is 707. The monoisotopic (exact) mass is 314 g/mol. The maximum absolute atomic E-state index is 12.5. The first kappa shape index (κ1) is 15.6. The van der Waals surface area contributed by atoms with E-state index in [0.29, 0.717) is 18.3 Å². The summed E-state index contributed by atoms with van der Waals surface area (Å²) in [5.41, 5.74) is 1.26. The first-order valence-electron chi connectivity index (χ1n) is 7.94. The third-order valence-corrected chi connectivity index (χ3v) is 4.41. The number of aromatic amines is 2. The van der Waals surface area contributed by atoms with Crippen molar-refractivity contribution in [1.82, 2.24) is 19.8 Å². The Kier molecular flexibility index (Phi) is 4.62. The van der Waals surface area contributed by atoms with Gasteiger partial charge in [-0.3, -0.25) is 9.69 Å². The first-order valence-corrected chi connectivity index (χ1v) is 7.94. The van der Waals surface area contributed by atoms with Gasteiger partial charge in [0.2, 0.25) is 0 Å². The van der Waals surface area contributed by atoms with Gasteiger partial charge < -0.3 is 14.9 Å². The normalized spacial score (nSPS) is 18.3. The van der Waals surface area contributed by atoms with E-state index in [9.17, 15) is 9.59 Å². The Morgan fingerprint density at radius 1 is 1.35 bits per heavy atom. The second-order valence-electron chi connectivity index (χ2n) is 6.10. The van der Waals surface area contributed by atoms with Crippen molar-refractivity contribution in [3.63, 3.8) is 0 Å². The Labute approximate surface area is 135 Å². The number of benzene rings is 1. The van der Waals surface area contributed by atoms with Crippen LogP contribution in [0.25, 0.3) is 0 Å². The molecule has 2 heterocycles. The fraction of sp³-hybridized carbons (Fsp3) is 0.412. The number of likely N-dealkylation sites (tertiary alicyclic amines) is 1. The number of H-pyrrole nitrogens is 2. The number of carbonyl (C=O) groups is 1. The zero-order valence-electron chi connectivity index (χ0n) is 13.3. The number of likely N-dealkylation sites (N-methyl/N-ethyl adjacent to an activating group) is 1. The van der Waals surface area contributed by atoms with E-state index in [-0.39, 0.29) is 11.6 Å². The van der Waals surface area contributed by atoms with E-state index in [4.69, 9.17) is 0 Å². The molecule has 0 aliphatic carbocycles. The molecule has 6 heteroatoms. The van der Waals surface area contributed by atoms with Crippen molar-refractivity contribution in [1.29, 1.82) is 0 Å². The summed E-state index contributed by atoms with van der Waals surface area (Å²) in [6, 6.07) is 10.7. The van der Waals surface area contributed by atoms with Gasteiger partial charge in [-0.15, -0.1) is 0 Å². The van der Waals surface area contributed by atoms with E-state index < -0.39 is 0 Å². The van der Waals surface area contributed by atoms with Crippen LogP contribution < -0.4 is 5.69 Å². The lowest BCUT2D eigenvalue weighted by molar-refractivity contribution is 0.0597. The predicted molar refractivity (Wildman–Crippen MR) is 88.2 cm³/mol. The standard InChI is InChI=1S/C17H22N4O2/c1-20(11-13-6-3-2-4-7-13)14-8-5-9-21(12-14)16(22)15-10-18-17(23)19-15/h2-4,6-7,10,14H,5,8-9,11-12H2,1H3,(H2,18,19,23). The molecule has 0 spiro atoms. The van der Waals surface area contributed by atoms with E-state index in [1.165, 1.54) is 11.8 Å². The van der Waals surface area contributed by atoms with Crippen molar-refractivity contribution in [2.75, 3.05) is 20.1 Å². The summed E-state index contributed by atoms with van der Waals surface area (Å²) < 4.78 is 0. The Hall–Kier alpha value is -2.34. The molecule has 1 amide bonds. The number of piperidine rings is 1. The van der Waals surface area contributed by atoms with Crippen LogP contribution in [0, 0.1) is 0 Å². The SMILES string of the molecule is CN(Cc1ccccc1)C1CCCN(C(=O)c2c[nH]c(=O)[nH]2)C1. The molecule has 1 aromatic carbocycles. The van der Waals surface area contributed by atoms with Crippen LogP contribution in [-0.4, -0.2) is 51.9 Å². The van der Waals surface area contributed by atoms with Crippen molar-refractivity contribution < 1.29 is 4.79 Å². The van der Waals surface area contributed by atoms with Gasteiger partial charge in [0.25, 0.3) is 5.91 Å². The van der Waals surface area contributed by atoms with Crippen LogP contribution in [0.3, 0.4) is 0 Å². The third-order valence-electron chi connectivity index (χ3n) is 4.41. The van der Waals surface area contributed by atoms with Crippen LogP contribution in [0.2, 0.25) is 0 Å². The lowest BCUT2D eigenvalue weighted by Crippen LogP contribution is -2.48. The molecule has 1 aliphatic rings. The highest BCUT2D eigenvalue weighted by molar-refractivity contribution is 5.92. The fourth-order valence-corrected chi connectivity index (χ4v) is 3.12. The minimum Gasteiger partial charge on any atom is -0.336 e. The minimum absolute atomic E-state index is 0.110. The molecule has 122 valence electrons. The van der Waals surface area contributed by atoms with Gasteiger partial charge in [-0.2, -0.15) is 0 Å². The van der Waals surface area contributed by atoms with Crippen LogP contribution in [0.5, 0.6) is 0 Å². The fourth-order valence-electron chi connectivity index (χ4n) is 3.12. The van der Waals surface area contributed by atoms with E-state index in [0.717, 1.165) is 25.9 Å². The van der Waals surface area contributed by atoms with Crippen LogP contribution in [0.15, 0.2) is 41.3 Å². The quantitative estimate of drug-likeness (QED) is 0.897. The molecule has 1 unspecified atom stereocenters. The van der Waals surface area contributed by atoms with Crippen molar-refractivity contribution in [2.24, 2.45) is 0 Å². The number of imidazole rings is 1. The summed E-state index contributed by atoms with van der Waals surface area (Å²) >= 11 is 0. The molecule has 1 aliphatic heterocycles. The predicted octanol–water partition coefficient (Wildman–Crippen LogP) is 1.44. The molecule has 1 saturated heterocycles. The number of nitrogens with zero attached hydrogens (tertiary/aromatic N) is 2. The highest BCUT2D eigenvalue weighted by atomic mass is 16.2. The maximum atomic E-state index is 12.5. The van der Waals surface area contributed by atoms with E-state index in [1.54, 1.807) is 0 Å². The topological polar surface area (TPSA) is 72.2 Å². The van der Waals surface area contributed by atoms with Crippen LogP contribution in [-0.2, 0) is 6.54 Å². The Balaban J connectivity index is 1.63. The van der Waals surface area contributed by atoms with Crippen molar-refractivity contribution >= 4 is 5.91 Å². The summed E-state index contributed by atoms with van der Waals surface area (Å²) in [6.07, 6.45) is 3.50. The number of amides is 1. The molecule has 1 atom stereocenters. The zero-order valence-corrected chi connectivity index (χ0v) is 13.3. The molecular formula is C17H22N4O2. The van der Waals surface area contributed by atoms with Gasteiger partial charge in [0, 0.05) is 31.9 Å². The molecule has 0 radical (unpaired) electrons. The second kappa shape index (κ2) is 6.83. The summed E-state index contributed by atoms with van der Waals surface area (Å²) in [5, 5.41) is 0. The van der Waals surface area contributed by atoms with E-state index in [1.807, 2.05) is 23.1 Å². The van der Waals surface area contributed by atoms with Gasteiger partial charge in [-0.05, 0) is 25.5 Å². The summed E-state index contributed by atoms with van der Waals surface area (Å²) in [5.74, 6) is -0.110. The molecule has 2 aromatic rings. The first-order chi connectivity index (χ1) is 11.1.